The summed E-state index contributed by atoms with van der Waals surface area (Å²) >= 11 is -0.826. The number of halogens is 2. The molecule has 6 N–H and O–H groups in total. The molecule has 634 valence electrons. The van der Waals surface area contributed by atoms with Crippen LogP contribution in [0.2, 0.25) is 0 Å². The molecule has 124 heavy (non-hydrogen) atoms. The van der Waals surface area contributed by atoms with Gasteiger partial charge in [-0.1, -0.05) is 209 Å². The molecule has 0 saturated heterocycles. The van der Waals surface area contributed by atoms with Gasteiger partial charge in [-0.25, -0.2) is 0 Å². The number of rotatable bonds is 25. The van der Waals surface area contributed by atoms with E-state index in [4.69, 9.17) is 36.0 Å². The van der Waals surface area contributed by atoms with Gasteiger partial charge in [-0.2, -0.15) is 0 Å². The van der Waals surface area contributed by atoms with Crippen molar-refractivity contribution in [3.8, 4) is 124 Å². The van der Waals surface area contributed by atoms with E-state index in [0.717, 1.165) is 216 Å². The van der Waals surface area contributed by atoms with E-state index in [-0.39, 0.29) is 63.7 Å². The Hall–Kier alpha value is -10.6. The number of benzene rings is 14. The maximum absolute atomic E-state index is 12.2. The summed E-state index contributed by atoms with van der Waals surface area (Å²) < 4.78 is 27.6. The van der Waals surface area contributed by atoms with Crippen molar-refractivity contribution < 1.29 is 86.1 Å². The number of aromatic nitrogens is 2. The first-order valence-corrected chi connectivity index (χ1v) is 48.4. The minimum absolute atomic E-state index is 0. The molecule has 2 unspecified atom stereocenters. The molecule has 0 fully saturated rings. The molecule has 0 aliphatic carbocycles. The average Bonchev–Trinajstić information content (AvgIpc) is 1.58. The zero-order valence-corrected chi connectivity index (χ0v) is 81.6. The Morgan fingerprint density at radius 3 is 1.09 bits per heavy atom. The Morgan fingerprint density at radius 1 is 0.331 bits per heavy atom. The van der Waals surface area contributed by atoms with Crippen LogP contribution in [0, 0.1) is 77.2 Å². The summed E-state index contributed by atoms with van der Waals surface area (Å²) in [5, 5.41) is 52.6. The minimum atomic E-state index is -0.826. The third kappa shape index (κ3) is 19.9. The van der Waals surface area contributed by atoms with E-state index in [2.05, 4.69) is 257 Å². The van der Waals surface area contributed by atoms with Gasteiger partial charge >= 0.3 is 37.9 Å². The molecule has 0 aliphatic rings. The number of nitrogens with zero attached hydrogens (tertiary/aromatic N) is 2. The van der Waals surface area contributed by atoms with Crippen LogP contribution in [0.4, 0.5) is 0 Å². The molecule has 2 atom stereocenters. The van der Waals surface area contributed by atoms with Gasteiger partial charge in [0.25, 0.3) is 11.5 Å². The predicted molar refractivity (Wildman–Crippen MR) is 516 cm³/mol. The standard InChI is InChI=1S/C54H44N2O4.C54H62O4.2CH3.2ClH.Hf.Zr/c1-34-30-42(53(57)48(32-34)55-44-22-9-4-17-37(44)38-18-5-10-23-45(38)55)41-21-8-13-26-50(41)59-28-15-29-60-51-27-14-16-36(3)52(51)43-31-35(2)33-49(54(43)58)56-46-24-11-6-19-39(46)40-20-7-12-25-47(40)56;1-11-35(5)41-21-23-49(47(31-41)43-17-15-19-45(53(43)55)51-37(7)27-33(3)28-38(51)8)57-25-13-14-26-58-50-24-22-42(36(6)12-2)32-48(50)44-18-16-20-46(54(44)56)52-39(9)29-34(4)30-40(52)10;;;;;;/h4-14,16-27,30-33,57-58H,15,28-29H2,1-3H3;15-24,27-32,35-36,55-56H,11-14,25-26H2,1-10H3;2*1H3;2*1H;;/q;;2*-1;;;;+2. The summed E-state index contributed by atoms with van der Waals surface area (Å²) in [6.07, 6.45) is 4.33. The number of ether oxygens (including phenoxy) is 4. The summed E-state index contributed by atoms with van der Waals surface area (Å²) in [7, 11) is 9.87. The number of unbranched alkanes of at least 4 members (excludes halogenated alkanes) is 1. The van der Waals surface area contributed by atoms with Crippen LogP contribution in [-0.4, -0.2) is 65.5 Å². The monoisotopic (exact) mass is 1930 g/mol. The summed E-state index contributed by atoms with van der Waals surface area (Å²) in [4.78, 5) is 0. The Bertz CT molecular complexity index is 6160. The van der Waals surface area contributed by atoms with Gasteiger partial charge in [0.15, 0.2) is 13.2 Å². The van der Waals surface area contributed by atoms with Crippen molar-refractivity contribution in [2.24, 2.45) is 0 Å². The van der Waals surface area contributed by atoms with Crippen LogP contribution >= 0.6 is 17.0 Å². The fourth-order valence-corrected chi connectivity index (χ4v) is 17.6. The average molecular weight is 1930 g/mol. The van der Waals surface area contributed by atoms with E-state index >= 15 is 0 Å². The maximum Gasteiger partial charge on any atom is 0 e. The van der Waals surface area contributed by atoms with E-state index < -0.39 is 20.8 Å². The van der Waals surface area contributed by atoms with E-state index in [9.17, 15) is 20.4 Å². The second kappa shape index (κ2) is 42.4. The topological polar surface area (TPSA) is 135 Å². The van der Waals surface area contributed by atoms with Gasteiger partial charge in [0.05, 0.1) is 57.8 Å². The normalized spacial score (nSPS) is 11.5. The Kier molecular flexibility index (Phi) is 32.2. The van der Waals surface area contributed by atoms with Crippen molar-refractivity contribution in [3.63, 3.8) is 0 Å². The van der Waals surface area contributed by atoms with E-state index in [0.29, 0.717) is 38.3 Å². The van der Waals surface area contributed by atoms with Crippen molar-refractivity contribution in [2.75, 3.05) is 26.4 Å². The molecule has 14 heteroatoms. The third-order valence-electron chi connectivity index (χ3n) is 23.7. The van der Waals surface area contributed by atoms with Gasteiger partial charge in [0.1, 0.15) is 40.9 Å². The Morgan fingerprint density at radius 2 is 0.669 bits per heavy atom. The van der Waals surface area contributed by atoms with E-state index in [1.54, 1.807) is 0 Å². The number of aliphatic hydroxyl groups is 2. The second-order valence-corrected chi connectivity index (χ2v) is 36.0. The minimum Gasteiger partial charge on any atom is 0 e. The van der Waals surface area contributed by atoms with Gasteiger partial charge in [0.2, 0.25) is 0 Å². The number of fused-ring (bicyclic) bond motifs is 6. The molecular weight excluding hydrogens is 1820 g/mol. The number of phenolic OH excluding ortho intramolecular Hbond substituents is 4. The SMILES string of the molecule is CCC(C)c1ccc(OCCCCOc2ccc(C(C)CC)cc2-c2cccc(-c3c(C)cc(C)cc3C)c2O)c(-c2cccc(-c3c(C)cc(C)cc3C)c2O)c1.Cc1cc(-c2ccccc2[OH+]CCC[OH+]c2cccc(C)c2-c2cc(C)cc(-n3c4ccccc4c4ccccc43)c2O)c(O)c(-n2c3ccccc3c3ccccc32)c1.[CH3-].[CH3-].[Cl][Zr][Cl].[Hf]. The van der Waals surface area contributed by atoms with Crippen molar-refractivity contribution in [2.45, 2.75) is 134 Å². The summed E-state index contributed by atoms with van der Waals surface area (Å²) in [5.74, 6) is 4.92. The molecule has 0 radical (unpaired) electrons. The third-order valence-corrected chi connectivity index (χ3v) is 23.7. The van der Waals surface area contributed by atoms with Crippen molar-refractivity contribution >= 4 is 60.6 Å². The van der Waals surface area contributed by atoms with Crippen LogP contribution in [0.5, 0.6) is 46.0 Å². The number of para-hydroxylation sites is 7. The smallest absolute Gasteiger partial charge is 0 e. The predicted octanol–water partition coefficient (Wildman–Crippen LogP) is 30.3. The number of hydrogen-bond acceptors (Lipinski definition) is 6. The second-order valence-electron chi connectivity index (χ2n) is 32.3. The molecule has 2 heterocycles. The summed E-state index contributed by atoms with van der Waals surface area (Å²) in [5.41, 5.74) is 28.8. The van der Waals surface area contributed by atoms with Crippen molar-refractivity contribution in [1.29, 1.82) is 0 Å². The first-order chi connectivity index (χ1) is 58.6. The molecule has 10 nitrogen and oxygen atoms in total. The maximum atomic E-state index is 12.2. The number of aromatic hydroxyl groups is 6. The van der Waals surface area contributed by atoms with Gasteiger partial charge in [-0.05, 0) is 240 Å². The van der Waals surface area contributed by atoms with Crippen LogP contribution in [0.1, 0.15) is 133 Å². The fourth-order valence-electron chi connectivity index (χ4n) is 17.6. The molecule has 14 aromatic carbocycles. The first kappa shape index (κ1) is 94.1. The van der Waals surface area contributed by atoms with E-state index in [1.165, 1.54) is 22.3 Å². The molecule has 0 amide bonds. The molecule has 0 saturated carbocycles. The van der Waals surface area contributed by atoms with Crippen molar-refractivity contribution in [3.05, 3.63) is 337 Å². The summed E-state index contributed by atoms with van der Waals surface area (Å²) in [6, 6.07) is 89.4. The molecule has 0 bridgehead atoms. The number of aryl methyl sites for hydroxylation is 9. The fraction of sp³-hybridized carbons (Fsp3) is 0.218. The zero-order valence-electron chi connectivity index (χ0n) is 74.0. The Balaban J connectivity index is 0.000000229. The Labute approximate surface area is 770 Å². The van der Waals surface area contributed by atoms with Crippen LogP contribution in [0.25, 0.3) is 122 Å². The van der Waals surface area contributed by atoms with Crippen LogP contribution in [-0.2, 0) is 46.7 Å². The molecule has 0 aliphatic heterocycles. The quantitative estimate of drug-likeness (QED) is 0.0195. The molecule has 0 spiro atoms. The van der Waals surface area contributed by atoms with Gasteiger partial charge in [-0.3, -0.25) is 0 Å². The molecule has 2 aromatic heterocycles. The molecule has 16 rings (SSSR count). The van der Waals surface area contributed by atoms with Crippen LogP contribution < -0.4 is 9.47 Å². The molecular formula is C110H114Cl2HfN2O8Zr. The van der Waals surface area contributed by atoms with Gasteiger partial charge in [0, 0.05) is 104 Å². The van der Waals surface area contributed by atoms with Crippen LogP contribution in [0.15, 0.2) is 261 Å². The van der Waals surface area contributed by atoms with Gasteiger partial charge in [-0.15, -0.1) is 0 Å². The van der Waals surface area contributed by atoms with E-state index in [1.807, 2.05) is 103 Å². The first-order valence-electron chi connectivity index (χ1n) is 42.1. The van der Waals surface area contributed by atoms with Crippen LogP contribution in [0.3, 0.4) is 0 Å². The molecule has 16 aromatic rings. The van der Waals surface area contributed by atoms with Gasteiger partial charge < -0.3 is 63.4 Å². The van der Waals surface area contributed by atoms with Crippen molar-refractivity contribution in [1.82, 2.24) is 9.13 Å². The summed E-state index contributed by atoms with van der Waals surface area (Å²) in [6.45, 7) is 29.9. The number of hydrogen-bond donors (Lipinski definition) is 4. The largest absolute Gasteiger partial charge is 0 e. The number of phenols is 4. The zero-order chi connectivity index (χ0) is 85.3.